The molecule has 42 heavy (non-hydrogen) atoms. The fourth-order valence-corrected chi connectivity index (χ4v) is 5.01. The van der Waals surface area contributed by atoms with Crippen molar-refractivity contribution < 1.29 is 19.2 Å². The number of benzene rings is 2. The highest BCUT2D eigenvalue weighted by molar-refractivity contribution is 6.31. The average Bonchev–Trinajstić information content (AvgIpc) is 2.96. The number of likely N-dealkylation sites (N-methyl/N-ethyl adjacent to an activating group) is 1. The summed E-state index contributed by atoms with van der Waals surface area (Å²) in [4.78, 5) is 56.2. The van der Waals surface area contributed by atoms with E-state index in [1.165, 1.54) is 4.90 Å². The smallest absolute Gasteiger partial charge is 0.246 e. The Morgan fingerprint density at radius 3 is 2.48 bits per heavy atom. The van der Waals surface area contributed by atoms with Crippen molar-refractivity contribution >= 4 is 40.9 Å². The molecule has 1 aliphatic heterocycles. The van der Waals surface area contributed by atoms with Crippen LogP contribution in [0.25, 0.3) is 0 Å². The molecule has 0 aromatic heterocycles. The molecule has 0 saturated heterocycles. The molecule has 5 N–H and O–H groups in total. The Morgan fingerprint density at radius 2 is 1.83 bits per heavy atom. The zero-order valence-corrected chi connectivity index (χ0v) is 25.2. The predicted octanol–water partition coefficient (Wildman–Crippen LogP) is 2.39. The number of fused-ring (bicyclic) bond motifs is 1. The van der Waals surface area contributed by atoms with E-state index in [1.54, 1.807) is 24.3 Å². The summed E-state index contributed by atoms with van der Waals surface area (Å²) in [6, 6.07) is 10.7. The van der Waals surface area contributed by atoms with Crippen molar-refractivity contribution in [3.8, 4) is 0 Å². The van der Waals surface area contributed by atoms with Gasteiger partial charge in [-0.25, -0.2) is 0 Å². The Hall–Kier alpha value is -3.73. The SMILES string of the molecule is C=CC(CN(C)C)NC(=O)CCC(=O)N1Cc2ccccc2C[C@H]1C(=O)N[C@@H](CCN)C(=O)Nc1ccc(Cl)c(C)c1. The predicted molar refractivity (Wildman–Crippen MR) is 165 cm³/mol. The van der Waals surface area contributed by atoms with Crippen LogP contribution in [-0.4, -0.2) is 78.7 Å². The molecular weight excluding hydrogens is 556 g/mol. The highest BCUT2D eigenvalue weighted by Gasteiger charge is 2.36. The summed E-state index contributed by atoms with van der Waals surface area (Å²) in [6.07, 6.45) is 2.06. The van der Waals surface area contributed by atoms with Crippen LogP contribution in [0.4, 0.5) is 5.69 Å². The van der Waals surface area contributed by atoms with Gasteiger partial charge >= 0.3 is 0 Å². The van der Waals surface area contributed by atoms with E-state index in [0.717, 1.165) is 16.7 Å². The van der Waals surface area contributed by atoms with Crippen molar-refractivity contribution in [2.45, 2.75) is 57.3 Å². The summed E-state index contributed by atoms with van der Waals surface area (Å²) in [5, 5.41) is 9.08. The summed E-state index contributed by atoms with van der Waals surface area (Å²) in [6.45, 7) is 6.57. The van der Waals surface area contributed by atoms with Crippen LogP contribution in [0.15, 0.2) is 55.1 Å². The van der Waals surface area contributed by atoms with E-state index >= 15 is 0 Å². The summed E-state index contributed by atoms with van der Waals surface area (Å²) in [5.41, 5.74) is 9.01. The van der Waals surface area contributed by atoms with E-state index in [0.29, 0.717) is 17.3 Å². The topological polar surface area (TPSA) is 137 Å². The van der Waals surface area contributed by atoms with Gasteiger partial charge in [0, 0.05) is 43.1 Å². The second-order valence-corrected chi connectivity index (χ2v) is 11.2. The zero-order valence-electron chi connectivity index (χ0n) is 24.5. The van der Waals surface area contributed by atoms with E-state index < -0.39 is 23.9 Å². The van der Waals surface area contributed by atoms with Crippen molar-refractivity contribution in [2.24, 2.45) is 5.73 Å². The third-order valence-electron chi connectivity index (χ3n) is 7.14. The molecule has 0 bridgehead atoms. The van der Waals surface area contributed by atoms with Gasteiger partial charge < -0.3 is 31.5 Å². The van der Waals surface area contributed by atoms with Crippen molar-refractivity contribution in [3.05, 3.63) is 76.8 Å². The van der Waals surface area contributed by atoms with Gasteiger partial charge in [-0.3, -0.25) is 19.2 Å². The van der Waals surface area contributed by atoms with Gasteiger partial charge in [0.1, 0.15) is 12.1 Å². The molecule has 1 aliphatic rings. The van der Waals surface area contributed by atoms with Gasteiger partial charge in [-0.15, -0.1) is 6.58 Å². The van der Waals surface area contributed by atoms with Gasteiger partial charge in [0.05, 0.1) is 6.04 Å². The van der Waals surface area contributed by atoms with Crippen LogP contribution in [0.1, 0.15) is 36.0 Å². The van der Waals surface area contributed by atoms with Crippen molar-refractivity contribution in [1.29, 1.82) is 0 Å². The van der Waals surface area contributed by atoms with E-state index in [1.807, 2.05) is 50.2 Å². The highest BCUT2D eigenvalue weighted by atomic mass is 35.5. The minimum Gasteiger partial charge on any atom is -0.349 e. The molecule has 11 heteroatoms. The maximum Gasteiger partial charge on any atom is 0.246 e. The summed E-state index contributed by atoms with van der Waals surface area (Å²) < 4.78 is 0. The molecular formula is C31H41ClN6O4. The van der Waals surface area contributed by atoms with Gasteiger partial charge in [-0.05, 0) is 68.9 Å². The average molecular weight is 597 g/mol. The number of nitrogens with two attached hydrogens (primary N) is 1. The lowest BCUT2D eigenvalue weighted by Crippen LogP contribution is -2.56. The van der Waals surface area contributed by atoms with Gasteiger partial charge in [-0.2, -0.15) is 0 Å². The Kier molecular flexibility index (Phi) is 12.1. The maximum absolute atomic E-state index is 13.7. The lowest BCUT2D eigenvalue weighted by atomic mass is 9.92. The van der Waals surface area contributed by atoms with Crippen LogP contribution < -0.4 is 21.7 Å². The van der Waals surface area contributed by atoms with Crippen LogP contribution in [0.5, 0.6) is 0 Å². The highest BCUT2D eigenvalue weighted by Crippen LogP contribution is 2.25. The Bertz CT molecular complexity index is 1300. The van der Waals surface area contributed by atoms with Crippen LogP contribution in [0, 0.1) is 6.92 Å². The molecule has 10 nitrogen and oxygen atoms in total. The number of nitrogens with one attached hydrogen (secondary N) is 3. The standard InChI is InChI=1S/C31H41ClN6O4/c1-5-23(19-37(3)4)34-28(39)12-13-29(40)38-18-22-9-7-6-8-21(22)17-27(38)31(42)36-26(14-15-33)30(41)35-24-10-11-25(32)20(2)16-24/h5-11,16,23,26-27H,1,12-15,17-19,33H2,2-4H3,(H,34,39)(H,35,41)(H,36,42)/t23?,26-,27-/m0/s1. The summed E-state index contributed by atoms with van der Waals surface area (Å²) in [7, 11) is 3.79. The largest absolute Gasteiger partial charge is 0.349 e. The molecule has 226 valence electrons. The van der Waals surface area contributed by atoms with Crippen LogP contribution in [-0.2, 0) is 32.1 Å². The first-order chi connectivity index (χ1) is 20.0. The minimum absolute atomic E-state index is 0.0260. The number of hydrogen-bond donors (Lipinski definition) is 4. The van der Waals surface area contributed by atoms with E-state index in [4.69, 9.17) is 17.3 Å². The van der Waals surface area contributed by atoms with E-state index in [-0.39, 0.29) is 56.6 Å². The monoisotopic (exact) mass is 596 g/mol. The maximum atomic E-state index is 13.7. The van der Waals surface area contributed by atoms with Crippen LogP contribution in [0.3, 0.4) is 0 Å². The molecule has 3 rings (SSSR count). The van der Waals surface area contributed by atoms with Gasteiger partial charge in [0.15, 0.2) is 0 Å². The molecule has 3 atom stereocenters. The fourth-order valence-electron chi connectivity index (χ4n) is 4.89. The zero-order chi connectivity index (χ0) is 30.8. The molecule has 1 heterocycles. The normalized spacial score (nSPS) is 15.8. The first kappa shape index (κ1) is 32.8. The number of carbonyl (C=O) groups excluding carboxylic acids is 4. The van der Waals surface area contributed by atoms with Crippen molar-refractivity contribution in [2.75, 3.05) is 32.5 Å². The van der Waals surface area contributed by atoms with Crippen molar-refractivity contribution in [3.63, 3.8) is 0 Å². The van der Waals surface area contributed by atoms with Crippen LogP contribution >= 0.6 is 11.6 Å². The molecule has 4 amide bonds. The van der Waals surface area contributed by atoms with Gasteiger partial charge in [0.2, 0.25) is 23.6 Å². The number of anilines is 1. The number of amides is 4. The van der Waals surface area contributed by atoms with E-state index in [2.05, 4.69) is 22.5 Å². The lowest BCUT2D eigenvalue weighted by Gasteiger charge is -2.36. The molecule has 2 aromatic carbocycles. The van der Waals surface area contributed by atoms with Crippen molar-refractivity contribution in [1.82, 2.24) is 20.4 Å². The Labute approximate surface area is 252 Å². The molecule has 1 unspecified atom stereocenters. The van der Waals surface area contributed by atoms with E-state index in [9.17, 15) is 19.2 Å². The number of halogens is 1. The number of hydrogen-bond acceptors (Lipinski definition) is 6. The second-order valence-electron chi connectivity index (χ2n) is 10.8. The number of nitrogens with zero attached hydrogens (tertiary/aromatic N) is 2. The second kappa shape index (κ2) is 15.5. The fraction of sp³-hybridized carbons (Fsp3) is 0.419. The van der Waals surface area contributed by atoms with Crippen LogP contribution in [0.2, 0.25) is 5.02 Å². The molecule has 0 fully saturated rings. The lowest BCUT2D eigenvalue weighted by molar-refractivity contribution is -0.143. The first-order valence-corrected chi connectivity index (χ1v) is 14.4. The molecule has 0 spiro atoms. The first-order valence-electron chi connectivity index (χ1n) is 14.0. The Balaban J connectivity index is 1.72. The molecule has 0 saturated carbocycles. The summed E-state index contributed by atoms with van der Waals surface area (Å²) in [5.74, 6) is -1.47. The molecule has 2 aromatic rings. The summed E-state index contributed by atoms with van der Waals surface area (Å²) >= 11 is 6.10. The number of carbonyl (C=O) groups is 4. The van der Waals surface area contributed by atoms with Gasteiger partial charge in [-0.1, -0.05) is 41.9 Å². The van der Waals surface area contributed by atoms with Gasteiger partial charge in [0.25, 0.3) is 0 Å². The Morgan fingerprint density at radius 1 is 1.12 bits per heavy atom. The number of rotatable bonds is 13. The minimum atomic E-state index is -0.911. The molecule has 0 radical (unpaired) electrons. The molecule has 0 aliphatic carbocycles. The third-order valence-corrected chi connectivity index (χ3v) is 7.57. The quantitative estimate of drug-likeness (QED) is 0.262. The third kappa shape index (κ3) is 9.14. The number of aryl methyl sites for hydroxylation is 1.